The molecule has 0 atom stereocenters. The van der Waals surface area contributed by atoms with Gasteiger partial charge in [-0.25, -0.2) is 26.4 Å². The van der Waals surface area contributed by atoms with Crippen molar-refractivity contribution in [3.05, 3.63) is 47.2 Å². The van der Waals surface area contributed by atoms with Crippen molar-refractivity contribution < 1.29 is 21.2 Å². The SMILES string of the molecule is CS(=O)(=O)c1ccc(Cl)cc1-c1ccc(S(N)(=O)=O)c(F)c1. The van der Waals surface area contributed by atoms with E-state index in [2.05, 4.69) is 0 Å². The van der Waals surface area contributed by atoms with Crippen LogP contribution in [0, 0.1) is 5.82 Å². The molecular weight excluding hydrogens is 353 g/mol. The van der Waals surface area contributed by atoms with Crippen LogP contribution in [0.5, 0.6) is 0 Å². The van der Waals surface area contributed by atoms with E-state index in [-0.39, 0.29) is 21.0 Å². The van der Waals surface area contributed by atoms with Crippen LogP contribution >= 0.6 is 11.6 Å². The van der Waals surface area contributed by atoms with E-state index in [9.17, 15) is 21.2 Å². The monoisotopic (exact) mass is 363 g/mol. The molecule has 2 aromatic rings. The Hall–Kier alpha value is -1.48. The van der Waals surface area contributed by atoms with Crippen LogP contribution in [0.4, 0.5) is 4.39 Å². The number of sulfonamides is 1. The summed E-state index contributed by atoms with van der Waals surface area (Å²) in [6, 6.07) is 7.22. The zero-order valence-electron chi connectivity index (χ0n) is 11.2. The van der Waals surface area contributed by atoms with Gasteiger partial charge < -0.3 is 0 Å². The van der Waals surface area contributed by atoms with Gasteiger partial charge in [-0.05, 0) is 35.9 Å². The second kappa shape index (κ2) is 5.62. The lowest BCUT2D eigenvalue weighted by molar-refractivity contribution is 0.568. The van der Waals surface area contributed by atoms with Gasteiger partial charge in [-0.3, -0.25) is 0 Å². The highest BCUT2D eigenvalue weighted by Gasteiger charge is 2.19. The summed E-state index contributed by atoms with van der Waals surface area (Å²) in [6.45, 7) is 0. The van der Waals surface area contributed by atoms with E-state index in [0.29, 0.717) is 0 Å². The third kappa shape index (κ3) is 3.46. The third-order valence-corrected chi connectivity index (χ3v) is 5.22. The largest absolute Gasteiger partial charge is 0.240 e. The number of primary sulfonamides is 1. The molecule has 0 aromatic heterocycles. The number of hydrogen-bond donors (Lipinski definition) is 1. The molecule has 0 aliphatic heterocycles. The zero-order valence-corrected chi connectivity index (χ0v) is 13.6. The average Bonchev–Trinajstić information content (AvgIpc) is 2.35. The summed E-state index contributed by atoms with van der Waals surface area (Å²) in [4.78, 5) is -0.709. The molecule has 0 aliphatic carbocycles. The topological polar surface area (TPSA) is 94.3 Å². The Morgan fingerprint density at radius 3 is 2.09 bits per heavy atom. The molecule has 0 unspecified atom stereocenters. The first kappa shape index (κ1) is 16.9. The molecule has 0 radical (unpaired) electrons. The Kier molecular flexibility index (Phi) is 4.31. The van der Waals surface area contributed by atoms with E-state index < -0.39 is 30.6 Å². The Bertz CT molecular complexity index is 956. The van der Waals surface area contributed by atoms with Crippen LogP contribution in [0.25, 0.3) is 11.1 Å². The minimum atomic E-state index is -4.20. The predicted octanol–water partition coefficient (Wildman–Crippen LogP) is 2.20. The Labute approximate surface area is 132 Å². The van der Waals surface area contributed by atoms with Crippen LogP contribution in [0.3, 0.4) is 0 Å². The normalized spacial score (nSPS) is 12.4. The molecule has 9 heteroatoms. The van der Waals surface area contributed by atoms with Crippen molar-refractivity contribution in [3.63, 3.8) is 0 Å². The summed E-state index contributed by atoms with van der Waals surface area (Å²) in [7, 11) is -7.77. The Morgan fingerprint density at radius 2 is 1.59 bits per heavy atom. The number of rotatable bonds is 3. The molecule has 118 valence electrons. The van der Waals surface area contributed by atoms with Gasteiger partial charge in [0.25, 0.3) is 0 Å². The average molecular weight is 364 g/mol. The van der Waals surface area contributed by atoms with Crippen LogP contribution in [0.15, 0.2) is 46.2 Å². The molecule has 0 amide bonds. The van der Waals surface area contributed by atoms with Gasteiger partial charge >= 0.3 is 0 Å². The van der Waals surface area contributed by atoms with Crippen molar-refractivity contribution in [3.8, 4) is 11.1 Å². The molecule has 0 aliphatic rings. The summed E-state index contributed by atoms with van der Waals surface area (Å²) in [5, 5.41) is 5.15. The highest BCUT2D eigenvalue weighted by atomic mass is 35.5. The molecule has 0 heterocycles. The lowest BCUT2D eigenvalue weighted by atomic mass is 10.1. The molecule has 2 aromatic carbocycles. The maximum atomic E-state index is 13.9. The first-order chi connectivity index (χ1) is 10.00. The summed E-state index contributed by atoms with van der Waals surface area (Å²) >= 11 is 5.86. The van der Waals surface area contributed by atoms with Crippen molar-refractivity contribution in [2.24, 2.45) is 5.14 Å². The number of nitrogens with two attached hydrogens (primary N) is 1. The maximum absolute atomic E-state index is 13.9. The van der Waals surface area contributed by atoms with Crippen molar-refractivity contribution in [2.75, 3.05) is 6.26 Å². The van der Waals surface area contributed by atoms with Crippen LogP contribution in [-0.2, 0) is 19.9 Å². The van der Waals surface area contributed by atoms with E-state index >= 15 is 0 Å². The smallest absolute Gasteiger partial charge is 0.225 e. The van der Waals surface area contributed by atoms with E-state index in [0.717, 1.165) is 18.4 Å². The quantitative estimate of drug-likeness (QED) is 0.904. The summed E-state index contributed by atoms with van der Waals surface area (Å²) in [6.07, 6.45) is 1.01. The molecule has 0 spiro atoms. The zero-order chi connectivity index (χ0) is 16.7. The van der Waals surface area contributed by atoms with Crippen LogP contribution in [0.1, 0.15) is 0 Å². The van der Waals surface area contributed by atoms with E-state index in [4.69, 9.17) is 16.7 Å². The highest BCUT2D eigenvalue weighted by molar-refractivity contribution is 7.90. The number of benzene rings is 2. The maximum Gasteiger partial charge on any atom is 0.240 e. The Balaban J connectivity index is 2.73. The van der Waals surface area contributed by atoms with Crippen molar-refractivity contribution in [1.82, 2.24) is 0 Å². The molecule has 0 saturated heterocycles. The van der Waals surface area contributed by atoms with E-state index in [1.54, 1.807) is 0 Å². The van der Waals surface area contributed by atoms with Crippen LogP contribution in [-0.4, -0.2) is 23.1 Å². The molecular formula is C13H11ClFNO4S2. The lowest BCUT2D eigenvalue weighted by Crippen LogP contribution is -2.14. The fourth-order valence-electron chi connectivity index (χ4n) is 1.95. The highest BCUT2D eigenvalue weighted by Crippen LogP contribution is 2.31. The van der Waals surface area contributed by atoms with Gasteiger partial charge in [0.2, 0.25) is 10.0 Å². The molecule has 22 heavy (non-hydrogen) atoms. The lowest BCUT2D eigenvalue weighted by Gasteiger charge is -2.10. The van der Waals surface area contributed by atoms with Crippen molar-refractivity contribution in [1.29, 1.82) is 0 Å². The van der Waals surface area contributed by atoms with Gasteiger partial charge in [-0.15, -0.1) is 0 Å². The van der Waals surface area contributed by atoms with Gasteiger partial charge in [0, 0.05) is 16.8 Å². The predicted molar refractivity (Wildman–Crippen MR) is 81.3 cm³/mol. The van der Waals surface area contributed by atoms with Crippen LogP contribution < -0.4 is 5.14 Å². The molecule has 2 N–H and O–H groups in total. The number of sulfone groups is 1. The first-order valence-electron chi connectivity index (χ1n) is 5.82. The molecule has 5 nitrogen and oxygen atoms in total. The number of halogens is 2. The molecule has 0 bridgehead atoms. The number of hydrogen-bond acceptors (Lipinski definition) is 4. The molecule has 0 saturated carbocycles. The Morgan fingerprint density at radius 1 is 1.00 bits per heavy atom. The first-order valence-corrected chi connectivity index (χ1v) is 9.64. The van der Waals surface area contributed by atoms with E-state index in [1.165, 1.54) is 24.3 Å². The molecule has 0 fully saturated rings. The summed E-state index contributed by atoms with van der Waals surface area (Å²) in [5.74, 6) is -1.07. The van der Waals surface area contributed by atoms with Crippen molar-refractivity contribution in [2.45, 2.75) is 9.79 Å². The fraction of sp³-hybridized carbons (Fsp3) is 0.0769. The van der Waals surface area contributed by atoms with Gasteiger partial charge in [-0.2, -0.15) is 0 Å². The third-order valence-electron chi connectivity index (χ3n) is 2.89. The molecule has 2 rings (SSSR count). The van der Waals surface area contributed by atoms with Crippen LogP contribution in [0.2, 0.25) is 5.02 Å². The van der Waals surface area contributed by atoms with E-state index in [1.807, 2.05) is 0 Å². The minimum absolute atomic E-state index is 0.0420. The van der Waals surface area contributed by atoms with Crippen molar-refractivity contribution >= 4 is 31.5 Å². The summed E-state index contributed by atoms with van der Waals surface area (Å²) in [5.41, 5.74) is 0.350. The standard InChI is InChI=1S/C13H11ClFNO4S2/c1-21(17,18)12-5-3-9(14)7-10(12)8-2-4-13(11(15)6-8)22(16,19)20/h2-7H,1H3,(H2,16,19,20). The van der Waals surface area contributed by atoms with Gasteiger partial charge in [0.05, 0.1) is 4.90 Å². The second-order valence-corrected chi connectivity index (χ2v) is 8.55. The minimum Gasteiger partial charge on any atom is -0.225 e. The summed E-state index contributed by atoms with van der Waals surface area (Å²) < 4.78 is 59.9. The fourth-order valence-corrected chi connectivity index (χ4v) is 3.60. The van der Waals surface area contributed by atoms with Gasteiger partial charge in [0.1, 0.15) is 10.7 Å². The second-order valence-electron chi connectivity index (χ2n) is 4.60. The van der Waals surface area contributed by atoms with Gasteiger partial charge in [0.15, 0.2) is 9.84 Å². The van der Waals surface area contributed by atoms with Gasteiger partial charge in [-0.1, -0.05) is 17.7 Å².